The Morgan fingerprint density at radius 2 is 1.71 bits per heavy atom. The summed E-state index contributed by atoms with van der Waals surface area (Å²) < 4.78 is 11.4. The first-order valence-electron chi connectivity index (χ1n) is 7.08. The van der Waals surface area contributed by atoms with Crippen LogP contribution in [0.25, 0.3) is 0 Å². The Kier molecular flexibility index (Phi) is 6.06. The summed E-state index contributed by atoms with van der Waals surface area (Å²) in [6, 6.07) is 17.2. The van der Waals surface area contributed by atoms with Crippen molar-refractivity contribution in [2.24, 2.45) is 0 Å². The van der Waals surface area contributed by atoms with Gasteiger partial charge in [-0.15, -0.1) is 0 Å². The topological polar surface area (TPSA) is 50.7 Å². The highest BCUT2D eigenvalue weighted by molar-refractivity contribution is 5.36. The van der Waals surface area contributed by atoms with Crippen LogP contribution in [0.2, 0.25) is 0 Å². The van der Waals surface area contributed by atoms with Gasteiger partial charge in [0.15, 0.2) is 0 Å². The first kappa shape index (κ1) is 15.4. The molecule has 4 heteroatoms. The van der Waals surface area contributed by atoms with Crippen molar-refractivity contribution in [3.63, 3.8) is 0 Å². The van der Waals surface area contributed by atoms with Gasteiger partial charge in [-0.25, -0.2) is 0 Å². The summed E-state index contributed by atoms with van der Waals surface area (Å²) in [6.07, 6.45) is -0.340. The molecule has 21 heavy (non-hydrogen) atoms. The van der Waals surface area contributed by atoms with E-state index in [1.54, 1.807) is 6.92 Å². The molecular formula is C17H21NO3. The molecule has 2 aromatic rings. The van der Waals surface area contributed by atoms with Crippen LogP contribution in [0.3, 0.4) is 0 Å². The predicted octanol–water partition coefficient (Wildman–Crippen LogP) is 2.83. The van der Waals surface area contributed by atoms with Gasteiger partial charge >= 0.3 is 0 Å². The lowest BCUT2D eigenvalue weighted by Gasteiger charge is -2.10. The standard InChI is InChI=1S/C17H21NO3/c1-14(19)13-18-10-11-20-16-8-5-9-17(12-16)21-15-6-3-2-4-7-15/h2-9,12,14,18-19H,10-11,13H2,1H3/t14-/m1/s1. The molecule has 2 rings (SSSR count). The van der Waals surface area contributed by atoms with Crippen LogP contribution in [0.4, 0.5) is 0 Å². The molecular weight excluding hydrogens is 266 g/mol. The van der Waals surface area contributed by atoms with Crippen LogP contribution < -0.4 is 14.8 Å². The third kappa shape index (κ3) is 5.85. The maximum atomic E-state index is 9.13. The average molecular weight is 287 g/mol. The number of benzene rings is 2. The largest absolute Gasteiger partial charge is 0.492 e. The Morgan fingerprint density at radius 3 is 2.48 bits per heavy atom. The van der Waals surface area contributed by atoms with E-state index in [0.29, 0.717) is 19.7 Å². The van der Waals surface area contributed by atoms with E-state index < -0.39 is 0 Å². The molecule has 0 fully saturated rings. The lowest BCUT2D eigenvalue weighted by Crippen LogP contribution is -2.28. The fourth-order valence-electron chi connectivity index (χ4n) is 1.80. The molecule has 4 nitrogen and oxygen atoms in total. The minimum absolute atomic E-state index is 0.340. The summed E-state index contributed by atoms with van der Waals surface area (Å²) in [5, 5.41) is 12.2. The van der Waals surface area contributed by atoms with E-state index in [1.165, 1.54) is 0 Å². The fraction of sp³-hybridized carbons (Fsp3) is 0.294. The SMILES string of the molecule is C[C@@H](O)CNCCOc1cccc(Oc2ccccc2)c1. The summed E-state index contributed by atoms with van der Waals surface area (Å²) >= 11 is 0. The van der Waals surface area contributed by atoms with Crippen LogP contribution >= 0.6 is 0 Å². The summed E-state index contributed by atoms with van der Waals surface area (Å²) in [6.45, 7) is 3.55. The molecule has 2 aromatic carbocycles. The number of hydrogen-bond donors (Lipinski definition) is 2. The van der Waals surface area contributed by atoms with E-state index in [2.05, 4.69) is 5.32 Å². The zero-order valence-corrected chi connectivity index (χ0v) is 12.2. The Labute approximate surface area is 125 Å². The Morgan fingerprint density at radius 1 is 1.00 bits per heavy atom. The molecule has 2 N–H and O–H groups in total. The van der Waals surface area contributed by atoms with E-state index in [9.17, 15) is 0 Å². The van der Waals surface area contributed by atoms with Gasteiger partial charge in [0.05, 0.1) is 6.10 Å². The van der Waals surface area contributed by atoms with Crippen molar-refractivity contribution in [2.45, 2.75) is 13.0 Å². The van der Waals surface area contributed by atoms with Gasteiger partial charge in [0, 0.05) is 19.2 Å². The van der Waals surface area contributed by atoms with Crippen LogP contribution in [-0.2, 0) is 0 Å². The van der Waals surface area contributed by atoms with Gasteiger partial charge in [-0.05, 0) is 31.2 Å². The lowest BCUT2D eigenvalue weighted by molar-refractivity contribution is 0.188. The zero-order chi connectivity index (χ0) is 14.9. The molecule has 0 aromatic heterocycles. The second-order valence-electron chi connectivity index (χ2n) is 4.79. The van der Waals surface area contributed by atoms with Crippen LogP contribution in [0.1, 0.15) is 6.92 Å². The van der Waals surface area contributed by atoms with Crippen molar-refractivity contribution in [3.8, 4) is 17.2 Å². The summed E-state index contributed by atoms with van der Waals surface area (Å²) in [4.78, 5) is 0. The molecule has 112 valence electrons. The first-order valence-corrected chi connectivity index (χ1v) is 7.08. The van der Waals surface area contributed by atoms with E-state index in [-0.39, 0.29) is 6.10 Å². The third-order valence-corrected chi connectivity index (χ3v) is 2.77. The highest BCUT2D eigenvalue weighted by atomic mass is 16.5. The monoisotopic (exact) mass is 287 g/mol. The second-order valence-corrected chi connectivity index (χ2v) is 4.79. The zero-order valence-electron chi connectivity index (χ0n) is 12.2. The van der Waals surface area contributed by atoms with Crippen molar-refractivity contribution < 1.29 is 14.6 Å². The molecule has 0 bridgehead atoms. The van der Waals surface area contributed by atoms with Crippen LogP contribution in [0.5, 0.6) is 17.2 Å². The van der Waals surface area contributed by atoms with Crippen molar-refractivity contribution >= 4 is 0 Å². The molecule has 0 aliphatic heterocycles. The molecule has 0 aliphatic rings. The molecule has 0 saturated carbocycles. The Balaban J connectivity index is 1.81. The Hall–Kier alpha value is -2.04. The Bertz CT molecular complexity index is 529. The number of ether oxygens (including phenoxy) is 2. The highest BCUT2D eigenvalue weighted by Gasteiger charge is 2.00. The molecule has 0 aliphatic carbocycles. The maximum absolute atomic E-state index is 9.13. The summed E-state index contributed by atoms with van der Waals surface area (Å²) in [5.41, 5.74) is 0. The van der Waals surface area contributed by atoms with Crippen LogP contribution in [0.15, 0.2) is 54.6 Å². The number of rotatable bonds is 8. The fourth-order valence-corrected chi connectivity index (χ4v) is 1.80. The molecule has 0 spiro atoms. The summed E-state index contributed by atoms with van der Waals surface area (Å²) in [5.74, 6) is 2.31. The molecule has 0 heterocycles. The van der Waals surface area contributed by atoms with E-state index in [0.717, 1.165) is 17.2 Å². The minimum atomic E-state index is -0.340. The van der Waals surface area contributed by atoms with E-state index >= 15 is 0 Å². The third-order valence-electron chi connectivity index (χ3n) is 2.77. The van der Waals surface area contributed by atoms with Gasteiger partial charge in [0.25, 0.3) is 0 Å². The van der Waals surface area contributed by atoms with Crippen molar-refractivity contribution in [2.75, 3.05) is 19.7 Å². The second kappa shape index (κ2) is 8.29. The number of aliphatic hydroxyl groups is 1. The van der Waals surface area contributed by atoms with Gasteiger partial charge in [-0.3, -0.25) is 0 Å². The normalized spacial score (nSPS) is 11.9. The van der Waals surface area contributed by atoms with Crippen LogP contribution in [0, 0.1) is 0 Å². The number of hydrogen-bond acceptors (Lipinski definition) is 4. The number of aliphatic hydroxyl groups excluding tert-OH is 1. The van der Waals surface area contributed by atoms with Crippen LogP contribution in [-0.4, -0.2) is 30.9 Å². The van der Waals surface area contributed by atoms with Gasteiger partial charge in [-0.2, -0.15) is 0 Å². The smallest absolute Gasteiger partial charge is 0.131 e. The first-order chi connectivity index (χ1) is 10.2. The quantitative estimate of drug-likeness (QED) is 0.733. The van der Waals surface area contributed by atoms with Gasteiger partial charge < -0.3 is 19.9 Å². The molecule has 1 atom stereocenters. The molecule has 0 radical (unpaired) electrons. The number of nitrogens with one attached hydrogen (secondary N) is 1. The molecule has 0 unspecified atom stereocenters. The van der Waals surface area contributed by atoms with E-state index in [4.69, 9.17) is 14.6 Å². The van der Waals surface area contributed by atoms with E-state index in [1.807, 2.05) is 54.6 Å². The average Bonchev–Trinajstić information content (AvgIpc) is 2.48. The van der Waals surface area contributed by atoms with Gasteiger partial charge in [-0.1, -0.05) is 24.3 Å². The van der Waals surface area contributed by atoms with Crippen molar-refractivity contribution in [3.05, 3.63) is 54.6 Å². The minimum Gasteiger partial charge on any atom is -0.492 e. The maximum Gasteiger partial charge on any atom is 0.131 e. The lowest BCUT2D eigenvalue weighted by atomic mass is 10.3. The summed E-state index contributed by atoms with van der Waals surface area (Å²) in [7, 11) is 0. The predicted molar refractivity (Wildman–Crippen MR) is 83.0 cm³/mol. The van der Waals surface area contributed by atoms with Gasteiger partial charge in [0.2, 0.25) is 0 Å². The number of para-hydroxylation sites is 1. The highest BCUT2D eigenvalue weighted by Crippen LogP contribution is 2.24. The molecule has 0 saturated heterocycles. The van der Waals surface area contributed by atoms with Gasteiger partial charge in [0.1, 0.15) is 23.9 Å². The molecule has 0 amide bonds. The van der Waals surface area contributed by atoms with Crippen molar-refractivity contribution in [1.29, 1.82) is 0 Å². The van der Waals surface area contributed by atoms with Crippen molar-refractivity contribution in [1.82, 2.24) is 5.32 Å².